The van der Waals surface area contributed by atoms with Crippen molar-refractivity contribution < 1.29 is 9.47 Å². The van der Waals surface area contributed by atoms with E-state index in [-0.39, 0.29) is 6.79 Å². The molecule has 3 nitrogen and oxygen atoms in total. The van der Waals surface area contributed by atoms with Gasteiger partial charge in [0.25, 0.3) is 0 Å². The summed E-state index contributed by atoms with van der Waals surface area (Å²) in [7, 11) is -1.03. The van der Waals surface area contributed by atoms with Crippen LogP contribution < -0.4 is 10.5 Å². The van der Waals surface area contributed by atoms with Gasteiger partial charge in [-0.05, 0) is 18.2 Å². The summed E-state index contributed by atoms with van der Waals surface area (Å²) in [5.41, 5.74) is 6.31. The summed E-state index contributed by atoms with van der Waals surface area (Å²) >= 11 is 5.85. The van der Waals surface area contributed by atoms with Gasteiger partial charge >= 0.3 is 0 Å². The molecular weight excluding hydrogens is 254 g/mol. The number of nitrogens with two attached hydrogens (primary N) is 1. The third kappa shape index (κ3) is 5.96. The molecule has 96 valence electrons. The first-order chi connectivity index (χ1) is 7.88. The molecule has 0 amide bonds. The smallest absolute Gasteiger partial charge is 0.189 e. The summed E-state index contributed by atoms with van der Waals surface area (Å²) in [4.78, 5) is 0. The Labute approximate surface area is 109 Å². The average Bonchev–Trinajstić information content (AvgIpc) is 2.21. The molecule has 0 heterocycles. The van der Waals surface area contributed by atoms with E-state index >= 15 is 0 Å². The quantitative estimate of drug-likeness (QED) is 0.373. The Morgan fingerprint density at radius 2 is 2.00 bits per heavy atom. The number of benzene rings is 1. The van der Waals surface area contributed by atoms with Crippen molar-refractivity contribution in [1.29, 1.82) is 0 Å². The van der Waals surface area contributed by atoms with Crippen LogP contribution in [0.5, 0.6) is 5.75 Å². The first kappa shape index (κ1) is 14.3. The number of nitrogen functional groups attached to an aromatic ring is 1. The van der Waals surface area contributed by atoms with E-state index in [9.17, 15) is 0 Å². The van der Waals surface area contributed by atoms with Crippen LogP contribution in [-0.2, 0) is 4.74 Å². The van der Waals surface area contributed by atoms with Crippen molar-refractivity contribution in [3.05, 3.63) is 23.2 Å². The zero-order chi connectivity index (χ0) is 12.9. The molecule has 0 saturated carbocycles. The highest BCUT2D eigenvalue weighted by Gasteiger charge is 2.12. The van der Waals surface area contributed by atoms with E-state index in [1.165, 1.54) is 0 Å². The van der Waals surface area contributed by atoms with E-state index in [4.69, 9.17) is 26.8 Å². The van der Waals surface area contributed by atoms with Gasteiger partial charge in [0.1, 0.15) is 5.75 Å². The number of halogens is 1. The highest BCUT2D eigenvalue weighted by Crippen LogP contribution is 2.25. The second-order valence-electron chi connectivity index (χ2n) is 5.16. The van der Waals surface area contributed by atoms with Gasteiger partial charge < -0.3 is 15.2 Å². The van der Waals surface area contributed by atoms with Crippen molar-refractivity contribution in [1.82, 2.24) is 0 Å². The molecular formula is C12H20ClNO2Si. The first-order valence-electron chi connectivity index (χ1n) is 5.64. The topological polar surface area (TPSA) is 44.5 Å². The van der Waals surface area contributed by atoms with Gasteiger partial charge in [0.2, 0.25) is 0 Å². The molecule has 0 aromatic heterocycles. The minimum Gasteiger partial charge on any atom is -0.465 e. The average molecular weight is 274 g/mol. The van der Waals surface area contributed by atoms with E-state index in [2.05, 4.69) is 19.6 Å². The van der Waals surface area contributed by atoms with Gasteiger partial charge in [0, 0.05) is 25.8 Å². The number of ether oxygens (including phenoxy) is 2. The Hall–Kier alpha value is -0.713. The van der Waals surface area contributed by atoms with Crippen molar-refractivity contribution in [2.75, 3.05) is 19.1 Å². The number of hydrogen-bond acceptors (Lipinski definition) is 3. The zero-order valence-electron chi connectivity index (χ0n) is 10.6. The predicted molar refractivity (Wildman–Crippen MR) is 75.5 cm³/mol. The molecule has 2 N–H and O–H groups in total. The lowest BCUT2D eigenvalue weighted by Gasteiger charge is -2.15. The van der Waals surface area contributed by atoms with Crippen LogP contribution in [0.25, 0.3) is 0 Å². The maximum Gasteiger partial charge on any atom is 0.189 e. The van der Waals surface area contributed by atoms with Crippen LogP contribution in [0.4, 0.5) is 5.69 Å². The van der Waals surface area contributed by atoms with Crippen LogP contribution >= 0.6 is 11.6 Å². The standard InChI is InChI=1S/C12H20ClNO2Si/c1-17(2,3)7-6-15-9-16-12-8-10(13)4-5-11(12)14/h4-5,8H,6-7,9,14H2,1-3H3. The fourth-order valence-corrected chi connectivity index (χ4v) is 2.09. The molecule has 1 rings (SSSR count). The van der Waals surface area contributed by atoms with Crippen molar-refractivity contribution in [2.45, 2.75) is 25.7 Å². The zero-order valence-corrected chi connectivity index (χ0v) is 12.4. The van der Waals surface area contributed by atoms with Crippen LogP contribution in [0, 0.1) is 0 Å². The second kappa shape index (κ2) is 6.28. The molecule has 0 spiro atoms. The molecule has 0 fully saturated rings. The Balaban J connectivity index is 2.29. The highest BCUT2D eigenvalue weighted by atomic mass is 35.5. The molecule has 0 aliphatic carbocycles. The molecule has 1 aromatic rings. The van der Waals surface area contributed by atoms with Gasteiger partial charge in [-0.15, -0.1) is 0 Å². The minimum atomic E-state index is -1.03. The van der Waals surface area contributed by atoms with E-state index < -0.39 is 8.07 Å². The maximum absolute atomic E-state index is 5.85. The summed E-state index contributed by atoms with van der Waals surface area (Å²) in [6.45, 7) is 7.88. The van der Waals surface area contributed by atoms with Crippen molar-refractivity contribution >= 4 is 25.4 Å². The summed E-state index contributed by atoms with van der Waals surface area (Å²) < 4.78 is 10.8. The molecule has 0 aliphatic heterocycles. The molecule has 0 radical (unpaired) electrons. The molecule has 0 atom stereocenters. The predicted octanol–water partition coefficient (Wildman–Crippen LogP) is 3.61. The summed E-state index contributed by atoms with van der Waals surface area (Å²) in [6.07, 6.45) is 0. The van der Waals surface area contributed by atoms with E-state index in [0.29, 0.717) is 16.5 Å². The Morgan fingerprint density at radius 3 is 2.65 bits per heavy atom. The van der Waals surface area contributed by atoms with Crippen molar-refractivity contribution in [3.63, 3.8) is 0 Å². The van der Waals surface area contributed by atoms with Gasteiger partial charge in [0.05, 0.1) is 5.69 Å². The molecule has 0 unspecified atom stereocenters. The lowest BCUT2D eigenvalue weighted by atomic mass is 10.3. The van der Waals surface area contributed by atoms with E-state index in [1.54, 1.807) is 18.2 Å². The maximum atomic E-state index is 5.85. The fraction of sp³-hybridized carbons (Fsp3) is 0.500. The van der Waals surface area contributed by atoms with Gasteiger partial charge in [-0.2, -0.15) is 0 Å². The summed E-state index contributed by atoms with van der Waals surface area (Å²) in [5.74, 6) is 0.575. The third-order valence-corrected chi connectivity index (χ3v) is 4.21. The summed E-state index contributed by atoms with van der Waals surface area (Å²) in [5, 5.41) is 0.608. The van der Waals surface area contributed by atoms with Gasteiger partial charge in [-0.25, -0.2) is 0 Å². The molecule has 0 saturated heterocycles. The van der Waals surface area contributed by atoms with Crippen molar-refractivity contribution in [3.8, 4) is 5.75 Å². The Morgan fingerprint density at radius 1 is 1.29 bits per heavy atom. The summed E-state index contributed by atoms with van der Waals surface area (Å²) in [6, 6.07) is 6.27. The van der Waals surface area contributed by atoms with Gasteiger partial charge in [-0.1, -0.05) is 31.2 Å². The normalized spacial score (nSPS) is 11.5. The molecule has 0 bridgehead atoms. The molecule has 5 heteroatoms. The van der Waals surface area contributed by atoms with Crippen molar-refractivity contribution in [2.24, 2.45) is 0 Å². The molecule has 1 aromatic carbocycles. The van der Waals surface area contributed by atoms with E-state index in [0.717, 1.165) is 12.7 Å². The Bertz CT molecular complexity index is 366. The third-order valence-electron chi connectivity index (χ3n) is 2.27. The monoisotopic (exact) mass is 273 g/mol. The van der Waals surface area contributed by atoms with Crippen LogP contribution in [0.2, 0.25) is 30.7 Å². The highest BCUT2D eigenvalue weighted by molar-refractivity contribution is 6.76. The number of rotatable bonds is 6. The minimum absolute atomic E-state index is 0.217. The van der Waals surface area contributed by atoms with Crippen LogP contribution in [0.15, 0.2) is 18.2 Å². The van der Waals surface area contributed by atoms with Crippen LogP contribution in [0.1, 0.15) is 0 Å². The lowest BCUT2D eigenvalue weighted by Crippen LogP contribution is -2.22. The number of anilines is 1. The second-order valence-corrected chi connectivity index (χ2v) is 11.2. The first-order valence-corrected chi connectivity index (χ1v) is 9.72. The van der Waals surface area contributed by atoms with E-state index in [1.807, 2.05) is 0 Å². The van der Waals surface area contributed by atoms with Crippen LogP contribution in [0.3, 0.4) is 0 Å². The largest absolute Gasteiger partial charge is 0.465 e. The fourth-order valence-electron chi connectivity index (χ4n) is 1.18. The molecule has 17 heavy (non-hydrogen) atoms. The Kier molecular flexibility index (Phi) is 5.30. The lowest BCUT2D eigenvalue weighted by molar-refractivity contribution is 0.0225. The van der Waals surface area contributed by atoms with Crippen LogP contribution in [-0.4, -0.2) is 21.5 Å². The number of hydrogen-bond donors (Lipinski definition) is 1. The van der Waals surface area contributed by atoms with Gasteiger partial charge in [0.15, 0.2) is 6.79 Å². The molecule has 0 aliphatic rings. The van der Waals surface area contributed by atoms with Gasteiger partial charge in [-0.3, -0.25) is 0 Å². The SMILES string of the molecule is C[Si](C)(C)CCOCOc1cc(Cl)ccc1N.